The first-order chi connectivity index (χ1) is 41.5. The fourth-order valence-electron chi connectivity index (χ4n) is 13.2. The molecule has 0 fully saturated rings. The van der Waals surface area contributed by atoms with Gasteiger partial charge in [0, 0.05) is 11.9 Å². The van der Waals surface area contributed by atoms with E-state index in [4.69, 9.17) is 9.72 Å². The Hall–Kier alpha value is -9.09. The molecular weight excluding hydrogens is 1230 g/mol. The SMILES string of the molecule is CC(C)(C)c1ccnc(N2c3ccccc3C3(c4ccc(C(C)(C)C)cc4N(c4ccccc4)c4cc(C(C)(C)C)ccc43)c3ccc(Oc4cccc(-n5[c](=[Pt])n(-c6c(-c7ccccc7)cccc6-c6ccccc6)c6ccccc65)c4)cc32)c1. The predicted molar refractivity (Wildman–Crippen MR) is 352 cm³/mol. The van der Waals surface area contributed by atoms with Crippen molar-refractivity contribution >= 4 is 45.3 Å². The van der Waals surface area contributed by atoms with Gasteiger partial charge in [-0.25, -0.2) is 0 Å². The van der Waals surface area contributed by atoms with Crippen LogP contribution in [0.4, 0.5) is 34.3 Å². The molecule has 10 aromatic carbocycles. The molecule has 0 bridgehead atoms. The predicted octanol–water partition coefficient (Wildman–Crippen LogP) is 20.9. The van der Waals surface area contributed by atoms with Crippen LogP contribution in [0.15, 0.2) is 255 Å². The van der Waals surface area contributed by atoms with Crippen LogP contribution in [0.25, 0.3) is 44.7 Å². The van der Waals surface area contributed by atoms with Gasteiger partial charge in [-0.3, -0.25) is 0 Å². The molecule has 0 aliphatic carbocycles. The van der Waals surface area contributed by atoms with Crippen LogP contribution in [-0.4, -0.2) is 14.1 Å². The van der Waals surface area contributed by atoms with E-state index in [9.17, 15) is 0 Å². The zero-order valence-electron chi connectivity index (χ0n) is 50.2. The van der Waals surface area contributed by atoms with Crippen LogP contribution in [-0.2, 0) is 41.0 Å². The third kappa shape index (κ3) is 9.11. The van der Waals surface area contributed by atoms with Crippen molar-refractivity contribution < 1.29 is 24.1 Å². The monoisotopic (exact) mass is 1300 g/mol. The van der Waals surface area contributed by atoms with Gasteiger partial charge in [-0.05, 0) is 63.3 Å². The zero-order chi connectivity index (χ0) is 59.3. The number of aromatic nitrogens is 3. The first kappa shape index (κ1) is 54.8. The van der Waals surface area contributed by atoms with Gasteiger partial charge in [-0.1, -0.05) is 123 Å². The number of para-hydroxylation sites is 5. The molecule has 12 aromatic rings. The van der Waals surface area contributed by atoms with Gasteiger partial charge < -0.3 is 4.90 Å². The van der Waals surface area contributed by atoms with Crippen LogP contribution in [0.3, 0.4) is 0 Å². The van der Waals surface area contributed by atoms with Crippen LogP contribution >= 0.6 is 0 Å². The Morgan fingerprint density at radius 3 is 1.43 bits per heavy atom. The number of benzene rings is 10. The summed E-state index contributed by atoms with van der Waals surface area (Å²) >= 11 is 2.53. The summed E-state index contributed by atoms with van der Waals surface area (Å²) < 4.78 is 13.1. The van der Waals surface area contributed by atoms with Crippen molar-refractivity contribution in [2.45, 2.75) is 84.0 Å². The Balaban J connectivity index is 0.982. The number of nitrogens with zero attached hydrogens (tertiary/aromatic N) is 5. The maximum absolute atomic E-state index is 7.27. The molecule has 14 rings (SSSR count). The van der Waals surface area contributed by atoms with Crippen molar-refractivity contribution in [3.05, 3.63) is 298 Å². The average Bonchev–Trinajstić information content (AvgIpc) is 0.798. The van der Waals surface area contributed by atoms with Crippen LogP contribution < -0.4 is 14.5 Å². The van der Waals surface area contributed by atoms with Crippen molar-refractivity contribution in [2.24, 2.45) is 0 Å². The van der Waals surface area contributed by atoms with Crippen molar-refractivity contribution in [3.8, 4) is 45.1 Å². The number of pyridine rings is 1. The summed E-state index contributed by atoms with van der Waals surface area (Å²) in [6.45, 7) is 20.7. The number of hydrogen-bond donors (Lipinski definition) is 0. The Bertz CT molecular complexity index is 4530. The van der Waals surface area contributed by atoms with Gasteiger partial charge in [-0.15, -0.1) is 0 Å². The Morgan fingerprint density at radius 1 is 0.372 bits per heavy atom. The first-order valence-corrected chi connectivity index (χ1v) is 31.0. The molecule has 2 aliphatic heterocycles. The standard InChI is InChI=1S/C79H69N5O.Pt/c1-76(2,3)55-39-42-65-71(47-55)83(58-29-17-12-18-30-58)72-48-56(77(4,5)6)40-43-66(72)79(65)64-35-19-20-36-68(64)84(74-49-57(45-46-80-74)78(7,8)9)73-51-61(41-44-67(73)79)85-60-32-23-31-59(50-60)81-52-82(70-38-22-21-37-69(70)81)75-62(53-25-13-10-14-26-53)33-24-34-63(75)54-27-15-11-16-28-54;/h10-51H,1-9H3;. The number of rotatable bonds is 8. The van der Waals surface area contributed by atoms with Gasteiger partial charge >= 0.3 is 306 Å². The van der Waals surface area contributed by atoms with Crippen molar-refractivity contribution in [1.29, 1.82) is 0 Å². The van der Waals surface area contributed by atoms with Crippen LogP contribution in [0.2, 0.25) is 0 Å². The van der Waals surface area contributed by atoms with E-state index in [0.29, 0.717) is 5.75 Å². The van der Waals surface area contributed by atoms with E-state index in [1.54, 1.807) is 0 Å². The van der Waals surface area contributed by atoms with E-state index in [1.807, 2.05) is 6.20 Å². The van der Waals surface area contributed by atoms with Gasteiger partial charge in [0.15, 0.2) is 0 Å². The molecule has 6 nitrogen and oxygen atoms in total. The maximum atomic E-state index is 7.27. The fraction of sp³-hybridized carbons (Fsp3) is 0.165. The summed E-state index contributed by atoms with van der Waals surface area (Å²) in [6, 6.07) is 91.1. The van der Waals surface area contributed by atoms with Gasteiger partial charge in [0.25, 0.3) is 0 Å². The second-order valence-corrected chi connectivity index (χ2v) is 27.0. The summed E-state index contributed by atoms with van der Waals surface area (Å²) in [6.07, 6.45) is 1.97. The Kier molecular flexibility index (Phi) is 13.3. The third-order valence-electron chi connectivity index (χ3n) is 17.5. The summed E-state index contributed by atoms with van der Waals surface area (Å²) in [5, 5.41) is 0. The van der Waals surface area contributed by atoms with Crippen molar-refractivity contribution in [3.63, 3.8) is 0 Å². The molecule has 0 unspecified atom stereocenters. The second kappa shape index (κ2) is 20.9. The molecule has 7 heteroatoms. The van der Waals surface area contributed by atoms with Crippen LogP contribution in [0.5, 0.6) is 11.5 Å². The minimum atomic E-state index is -0.785. The van der Waals surface area contributed by atoms with Gasteiger partial charge in [-0.2, -0.15) is 0 Å². The molecular formula is C79H69N5OPt. The normalized spacial score (nSPS) is 13.5. The average molecular weight is 1300 g/mol. The van der Waals surface area contributed by atoms with E-state index in [1.165, 1.54) is 33.4 Å². The number of anilines is 6. The van der Waals surface area contributed by atoms with Gasteiger partial charge in [0.2, 0.25) is 0 Å². The van der Waals surface area contributed by atoms with E-state index >= 15 is 0 Å². The van der Waals surface area contributed by atoms with Gasteiger partial charge in [0.1, 0.15) is 0 Å². The Morgan fingerprint density at radius 2 is 0.837 bits per heavy atom. The molecule has 1 spiro atoms. The number of ether oxygens (including phenoxy) is 1. The van der Waals surface area contributed by atoms with Crippen LogP contribution in [0, 0.1) is 3.80 Å². The number of fused-ring (bicyclic) bond motifs is 9. The van der Waals surface area contributed by atoms with Gasteiger partial charge in [0.05, 0.1) is 11.4 Å². The minimum absolute atomic E-state index is 0.113. The van der Waals surface area contributed by atoms with Crippen molar-refractivity contribution in [1.82, 2.24) is 14.1 Å². The van der Waals surface area contributed by atoms with E-state index in [-0.39, 0.29) is 16.2 Å². The number of imidazole rings is 1. The molecule has 86 heavy (non-hydrogen) atoms. The molecule has 0 N–H and O–H groups in total. The zero-order valence-corrected chi connectivity index (χ0v) is 52.5. The van der Waals surface area contributed by atoms with Crippen molar-refractivity contribution in [2.75, 3.05) is 9.80 Å². The summed E-state index contributed by atoms with van der Waals surface area (Å²) in [5.74, 6) is 2.28. The van der Waals surface area contributed by atoms with Crippen LogP contribution in [0.1, 0.15) is 101 Å². The fourth-order valence-corrected chi connectivity index (χ4v) is 14.3. The molecule has 0 saturated heterocycles. The quantitative estimate of drug-likeness (QED) is 0.152. The van der Waals surface area contributed by atoms with E-state index in [0.717, 1.165) is 94.0 Å². The molecule has 4 heterocycles. The summed E-state index contributed by atoms with van der Waals surface area (Å²) in [5.41, 5.74) is 21.8. The third-order valence-corrected chi connectivity index (χ3v) is 18.5. The molecule has 0 amide bonds. The summed E-state index contributed by atoms with van der Waals surface area (Å²) in [4.78, 5) is 10.2. The Labute approximate surface area is 516 Å². The first-order valence-electron chi connectivity index (χ1n) is 29.8. The molecule has 0 saturated carbocycles. The molecule has 2 aromatic heterocycles. The molecule has 0 atom stereocenters. The molecule has 0 radical (unpaired) electrons. The molecule has 426 valence electrons. The number of hydrogen-bond acceptors (Lipinski definition) is 4. The topological polar surface area (TPSA) is 38.5 Å². The van der Waals surface area contributed by atoms with E-state index < -0.39 is 5.41 Å². The summed E-state index contributed by atoms with van der Waals surface area (Å²) in [7, 11) is 0. The second-order valence-electron chi connectivity index (χ2n) is 26.0. The van der Waals surface area contributed by atoms with E-state index in [2.05, 4.69) is 349 Å². The molecule has 2 aliphatic rings.